The summed E-state index contributed by atoms with van der Waals surface area (Å²) >= 11 is 3.48. The van der Waals surface area contributed by atoms with Gasteiger partial charge in [0.25, 0.3) is 0 Å². The summed E-state index contributed by atoms with van der Waals surface area (Å²) in [5.74, 6) is -0.892. The minimum atomic E-state index is -0.675. The third-order valence-corrected chi connectivity index (χ3v) is 4.96. The molecule has 2 aromatic rings. The fourth-order valence-electron chi connectivity index (χ4n) is 3.20. The van der Waals surface area contributed by atoms with Gasteiger partial charge >= 0.3 is 5.97 Å². The molecule has 3 rings (SSSR count). The topological polar surface area (TPSA) is 53.4 Å². The van der Waals surface area contributed by atoms with Gasteiger partial charge < -0.3 is 5.11 Å². The Hall–Kier alpha value is -1.72. The molecular formula is C18H19BrN2O2. The second kappa shape index (κ2) is 7.23. The number of piperidine rings is 1. The van der Waals surface area contributed by atoms with Crippen molar-refractivity contribution in [1.82, 2.24) is 9.88 Å². The van der Waals surface area contributed by atoms with E-state index in [2.05, 4.69) is 44.0 Å². The van der Waals surface area contributed by atoms with Gasteiger partial charge in [-0.2, -0.15) is 0 Å². The number of halogens is 1. The van der Waals surface area contributed by atoms with Crippen molar-refractivity contribution in [2.75, 3.05) is 13.1 Å². The Kier molecular flexibility index (Phi) is 5.08. The minimum absolute atomic E-state index is 0.117. The number of benzene rings is 1. The molecule has 1 saturated heterocycles. The molecule has 1 fully saturated rings. The van der Waals surface area contributed by atoms with Crippen molar-refractivity contribution in [3.63, 3.8) is 0 Å². The van der Waals surface area contributed by atoms with Gasteiger partial charge in [0.05, 0.1) is 12.0 Å². The highest BCUT2D eigenvalue weighted by Gasteiger charge is 2.30. The molecule has 4 nitrogen and oxygen atoms in total. The van der Waals surface area contributed by atoms with Crippen LogP contribution >= 0.6 is 15.9 Å². The van der Waals surface area contributed by atoms with Crippen LogP contribution in [-0.4, -0.2) is 34.0 Å². The molecule has 0 saturated carbocycles. The highest BCUT2D eigenvalue weighted by molar-refractivity contribution is 9.10. The fourth-order valence-corrected chi connectivity index (χ4v) is 3.47. The Bertz CT molecular complexity index is 652. The smallest absolute Gasteiger partial charge is 0.306 e. The van der Waals surface area contributed by atoms with E-state index in [-0.39, 0.29) is 12.0 Å². The van der Waals surface area contributed by atoms with E-state index in [1.54, 1.807) is 6.20 Å². The lowest BCUT2D eigenvalue weighted by atomic mass is 9.92. The standard InChI is InChI=1S/C18H19BrN2O2/c19-16-5-3-13(4-6-16)17(15-2-1-9-20-12-15)21-10-7-14(8-11-21)18(22)23/h1-6,9,12,14,17H,7-8,10-11H2,(H,22,23). The lowest BCUT2D eigenvalue weighted by Crippen LogP contribution is -2.39. The summed E-state index contributed by atoms with van der Waals surface area (Å²) in [6.07, 6.45) is 5.07. The van der Waals surface area contributed by atoms with Crippen LogP contribution < -0.4 is 0 Å². The molecule has 1 aromatic carbocycles. The number of likely N-dealkylation sites (tertiary alicyclic amines) is 1. The molecular weight excluding hydrogens is 356 g/mol. The van der Waals surface area contributed by atoms with Gasteiger partial charge in [0.1, 0.15) is 0 Å². The first kappa shape index (κ1) is 16.1. The predicted octanol–water partition coefficient (Wildman–Crippen LogP) is 3.73. The quantitative estimate of drug-likeness (QED) is 0.885. The van der Waals surface area contributed by atoms with E-state index in [4.69, 9.17) is 0 Å². The van der Waals surface area contributed by atoms with Crippen molar-refractivity contribution in [3.8, 4) is 0 Å². The van der Waals surface area contributed by atoms with E-state index in [0.29, 0.717) is 12.8 Å². The second-order valence-corrected chi connectivity index (χ2v) is 6.80. The number of hydrogen-bond donors (Lipinski definition) is 1. The van der Waals surface area contributed by atoms with Crippen molar-refractivity contribution < 1.29 is 9.90 Å². The van der Waals surface area contributed by atoms with Crippen LogP contribution in [0.3, 0.4) is 0 Å². The van der Waals surface area contributed by atoms with Gasteiger partial charge in [0, 0.05) is 16.9 Å². The number of nitrogens with zero attached hydrogens (tertiary/aromatic N) is 2. The van der Waals surface area contributed by atoms with Gasteiger partial charge in [-0.1, -0.05) is 34.1 Å². The van der Waals surface area contributed by atoms with Crippen LogP contribution in [0.2, 0.25) is 0 Å². The minimum Gasteiger partial charge on any atom is -0.481 e. The van der Waals surface area contributed by atoms with Crippen molar-refractivity contribution in [3.05, 3.63) is 64.4 Å². The van der Waals surface area contributed by atoms with Crippen LogP contribution in [0.1, 0.15) is 30.0 Å². The van der Waals surface area contributed by atoms with E-state index < -0.39 is 5.97 Å². The summed E-state index contributed by atoms with van der Waals surface area (Å²) < 4.78 is 1.05. The van der Waals surface area contributed by atoms with E-state index in [1.165, 1.54) is 5.56 Å². The second-order valence-electron chi connectivity index (χ2n) is 5.89. The molecule has 1 aromatic heterocycles. The number of carboxylic acid groups (broad SMARTS) is 1. The summed E-state index contributed by atoms with van der Waals surface area (Å²) in [4.78, 5) is 17.8. The van der Waals surface area contributed by atoms with Crippen molar-refractivity contribution in [1.29, 1.82) is 0 Å². The number of carbonyl (C=O) groups is 1. The number of aliphatic carboxylic acids is 1. The Morgan fingerprint density at radius 1 is 1.17 bits per heavy atom. The Balaban J connectivity index is 1.87. The molecule has 0 aliphatic carbocycles. The van der Waals surface area contributed by atoms with Crippen LogP contribution in [0.5, 0.6) is 0 Å². The summed E-state index contributed by atoms with van der Waals surface area (Å²) in [5, 5.41) is 9.19. The molecule has 1 N–H and O–H groups in total. The molecule has 0 amide bonds. The zero-order chi connectivity index (χ0) is 16.2. The Morgan fingerprint density at radius 2 is 1.87 bits per heavy atom. The summed E-state index contributed by atoms with van der Waals surface area (Å²) in [6, 6.07) is 12.5. The molecule has 0 bridgehead atoms. The van der Waals surface area contributed by atoms with E-state index in [9.17, 15) is 9.90 Å². The first-order chi connectivity index (χ1) is 11.1. The number of aromatic nitrogens is 1. The Morgan fingerprint density at radius 3 is 2.43 bits per heavy atom. The maximum Gasteiger partial charge on any atom is 0.306 e. The van der Waals surface area contributed by atoms with Gasteiger partial charge in [-0.3, -0.25) is 14.7 Å². The first-order valence-corrected chi connectivity index (χ1v) is 8.56. The number of pyridine rings is 1. The molecule has 1 atom stereocenters. The van der Waals surface area contributed by atoms with E-state index >= 15 is 0 Å². The zero-order valence-electron chi connectivity index (χ0n) is 12.7. The van der Waals surface area contributed by atoms with E-state index in [0.717, 1.165) is 23.1 Å². The van der Waals surface area contributed by atoms with Gasteiger partial charge in [-0.25, -0.2) is 0 Å². The van der Waals surface area contributed by atoms with Crippen LogP contribution in [0, 0.1) is 5.92 Å². The average molecular weight is 375 g/mol. The van der Waals surface area contributed by atoms with Crippen LogP contribution in [-0.2, 0) is 4.79 Å². The molecule has 0 spiro atoms. The molecule has 0 radical (unpaired) electrons. The van der Waals surface area contributed by atoms with Crippen molar-refractivity contribution in [2.45, 2.75) is 18.9 Å². The highest BCUT2D eigenvalue weighted by atomic mass is 79.9. The molecule has 5 heteroatoms. The molecule has 120 valence electrons. The zero-order valence-corrected chi connectivity index (χ0v) is 14.3. The van der Waals surface area contributed by atoms with Gasteiger partial charge in [0.2, 0.25) is 0 Å². The van der Waals surface area contributed by atoms with Crippen LogP contribution in [0.25, 0.3) is 0 Å². The highest BCUT2D eigenvalue weighted by Crippen LogP contribution is 2.32. The number of carboxylic acids is 1. The number of hydrogen-bond acceptors (Lipinski definition) is 3. The predicted molar refractivity (Wildman–Crippen MR) is 92.2 cm³/mol. The largest absolute Gasteiger partial charge is 0.481 e. The summed E-state index contributed by atoms with van der Waals surface area (Å²) in [7, 11) is 0. The monoisotopic (exact) mass is 374 g/mol. The SMILES string of the molecule is O=C(O)C1CCN(C(c2ccc(Br)cc2)c2cccnc2)CC1. The molecule has 23 heavy (non-hydrogen) atoms. The normalized spacial score (nSPS) is 17.8. The maximum atomic E-state index is 11.2. The average Bonchev–Trinajstić information content (AvgIpc) is 2.58. The molecule has 1 unspecified atom stereocenters. The summed E-state index contributed by atoms with van der Waals surface area (Å²) in [5.41, 5.74) is 2.35. The van der Waals surface area contributed by atoms with Crippen LogP contribution in [0.4, 0.5) is 0 Å². The molecule has 2 heterocycles. The maximum absolute atomic E-state index is 11.2. The Labute approximate surface area is 144 Å². The molecule has 1 aliphatic heterocycles. The van der Waals surface area contributed by atoms with Gasteiger partial charge in [-0.15, -0.1) is 0 Å². The van der Waals surface area contributed by atoms with Gasteiger partial charge in [-0.05, 0) is 55.3 Å². The molecule has 1 aliphatic rings. The van der Waals surface area contributed by atoms with Crippen LogP contribution in [0.15, 0.2) is 53.3 Å². The lowest BCUT2D eigenvalue weighted by Gasteiger charge is -2.37. The first-order valence-electron chi connectivity index (χ1n) is 7.77. The fraction of sp³-hybridized carbons (Fsp3) is 0.333. The third kappa shape index (κ3) is 3.79. The van der Waals surface area contributed by atoms with Crippen molar-refractivity contribution in [2.24, 2.45) is 5.92 Å². The number of rotatable bonds is 4. The third-order valence-electron chi connectivity index (χ3n) is 4.43. The lowest BCUT2D eigenvalue weighted by molar-refractivity contribution is -0.143. The van der Waals surface area contributed by atoms with Gasteiger partial charge in [0.15, 0.2) is 0 Å². The summed E-state index contributed by atoms with van der Waals surface area (Å²) in [6.45, 7) is 1.57. The van der Waals surface area contributed by atoms with Crippen molar-refractivity contribution >= 4 is 21.9 Å². The van der Waals surface area contributed by atoms with E-state index in [1.807, 2.05) is 24.4 Å².